The summed E-state index contributed by atoms with van der Waals surface area (Å²) in [5.41, 5.74) is 0.446. The Balaban J connectivity index is 1.87. The smallest absolute Gasteiger partial charge is 0.0593 e. The molecule has 1 N–H and O–H groups in total. The molecule has 1 rings (SSSR count). The van der Waals surface area contributed by atoms with E-state index in [0.29, 0.717) is 5.41 Å². The standard InChI is InChI=1S/C13H28N2O/c1-13(2,3)5-4-11-16-12-10-15-8-6-14-7-9-15/h14H,4-12H2,1-3H3. The van der Waals surface area contributed by atoms with Crippen LogP contribution in [0.25, 0.3) is 0 Å². The molecular weight excluding hydrogens is 200 g/mol. The minimum Gasteiger partial charge on any atom is -0.380 e. The first-order chi connectivity index (χ1) is 7.58. The van der Waals surface area contributed by atoms with Gasteiger partial charge in [0.1, 0.15) is 0 Å². The first kappa shape index (κ1) is 13.9. The van der Waals surface area contributed by atoms with Crippen LogP contribution < -0.4 is 5.32 Å². The van der Waals surface area contributed by atoms with E-state index in [1.807, 2.05) is 0 Å². The summed E-state index contributed by atoms with van der Waals surface area (Å²) in [4.78, 5) is 2.47. The van der Waals surface area contributed by atoms with E-state index in [1.54, 1.807) is 0 Å². The molecule has 1 aliphatic rings. The van der Waals surface area contributed by atoms with Crippen LogP contribution in [0.15, 0.2) is 0 Å². The fraction of sp³-hybridized carbons (Fsp3) is 1.00. The molecule has 3 nitrogen and oxygen atoms in total. The summed E-state index contributed by atoms with van der Waals surface area (Å²) in [6, 6.07) is 0. The van der Waals surface area contributed by atoms with Crippen LogP contribution in [0.2, 0.25) is 0 Å². The van der Waals surface area contributed by atoms with Crippen molar-refractivity contribution in [3.8, 4) is 0 Å². The number of nitrogens with zero attached hydrogens (tertiary/aromatic N) is 1. The van der Waals surface area contributed by atoms with Crippen LogP contribution in [0.1, 0.15) is 33.6 Å². The van der Waals surface area contributed by atoms with Crippen LogP contribution in [-0.2, 0) is 4.74 Å². The van der Waals surface area contributed by atoms with E-state index in [0.717, 1.165) is 32.8 Å². The van der Waals surface area contributed by atoms with E-state index >= 15 is 0 Å². The topological polar surface area (TPSA) is 24.5 Å². The van der Waals surface area contributed by atoms with E-state index in [1.165, 1.54) is 25.9 Å². The highest BCUT2D eigenvalue weighted by Gasteiger charge is 2.10. The van der Waals surface area contributed by atoms with Gasteiger partial charge in [-0.3, -0.25) is 4.90 Å². The third-order valence-electron chi connectivity index (χ3n) is 2.98. The Morgan fingerprint density at radius 2 is 1.81 bits per heavy atom. The second kappa shape index (κ2) is 7.25. The molecule has 0 aromatic rings. The van der Waals surface area contributed by atoms with Gasteiger partial charge in [0.05, 0.1) is 6.61 Å². The maximum atomic E-state index is 5.67. The van der Waals surface area contributed by atoms with Crippen LogP contribution in [-0.4, -0.2) is 50.8 Å². The first-order valence-corrected chi connectivity index (χ1v) is 6.59. The van der Waals surface area contributed by atoms with E-state index in [4.69, 9.17) is 4.74 Å². The lowest BCUT2D eigenvalue weighted by molar-refractivity contribution is 0.0918. The van der Waals surface area contributed by atoms with Crippen LogP contribution in [0.5, 0.6) is 0 Å². The van der Waals surface area contributed by atoms with E-state index < -0.39 is 0 Å². The molecule has 0 radical (unpaired) electrons. The molecule has 0 amide bonds. The first-order valence-electron chi connectivity index (χ1n) is 6.59. The van der Waals surface area contributed by atoms with Crippen molar-refractivity contribution in [2.45, 2.75) is 33.6 Å². The third kappa shape index (κ3) is 7.20. The molecule has 0 aliphatic carbocycles. The predicted molar refractivity (Wildman–Crippen MR) is 68.8 cm³/mol. The fourth-order valence-electron chi connectivity index (χ4n) is 1.94. The van der Waals surface area contributed by atoms with Gasteiger partial charge in [-0.25, -0.2) is 0 Å². The lowest BCUT2D eigenvalue weighted by Gasteiger charge is -2.27. The molecular formula is C13H28N2O. The SMILES string of the molecule is CC(C)(C)CCCOCCN1CCNCC1. The molecule has 3 heteroatoms. The molecule has 0 bridgehead atoms. The number of hydrogen-bond donors (Lipinski definition) is 1. The zero-order valence-corrected chi connectivity index (χ0v) is 11.2. The van der Waals surface area contributed by atoms with Crippen LogP contribution in [0, 0.1) is 5.41 Å². The van der Waals surface area contributed by atoms with Crippen LogP contribution >= 0.6 is 0 Å². The molecule has 1 aliphatic heterocycles. The minimum atomic E-state index is 0.446. The van der Waals surface area contributed by atoms with Crippen molar-refractivity contribution in [2.75, 3.05) is 45.9 Å². The Morgan fingerprint density at radius 1 is 1.12 bits per heavy atom. The molecule has 0 atom stereocenters. The van der Waals surface area contributed by atoms with Crippen molar-refractivity contribution in [1.29, 1.82) is 0 Å². The monoisotopic (exact) mass is 228 g/mol. The zero-order valence-electron chi connectivity index (χ0n) is 11.2. The van der Waals surface area contributed by atoms with Gasteiger partial charge >= 0.3 is 0 Å². The van der Waals surface area contributed by atoms with Gasteiger partial charge in [-0.1, -0.05) is 20.8 Å². The van der Waals surface area contributed by atoms with E-state index in [-0.39, 0.29) is 0 Å². The lowest BCUT2D eigenvalue weighted by Crippen LogP contribution is -2.44. The summed E-state index contributed by atoms with van der Waals surface area (Å²) in [6.45, 7) is 14.4. The number of rotatable bonds is 6. The number of piperazine rings is 1. The molecule has 0 saturated carbocycles. The summed E-state index contributed by atoms with van der Waals surface area (Å²) in [6.07, 6.45) is 2.44. The van der Waals surface area contributed by atoms with Gasteiger partial charge < -0.3 is 10.1 Å². The summed E-state index contributed by atoms with van der Waals surface area (Å²) in [7, 11) is 0. The number of ether oxygens (including phenoxy) is 1. The normalized spacial score (nSPS) is 18.9. The molecule has 1 saturated heterocycles. The Kier molecular flexibility index (Phi) is 6.32. The lowest BCUT2D eigenvalue weighted by atomic mass is 9.91. The van der Waals surface area contributed by atoms with E-state index in [9.17, 15) is 0 Å². The summed E-state index contributed by atoms with van der Waals surface area (Å²) in [5, 5.41) is 3.36. The van der Waals surface area contributed by atoms with Crippen LogP contribution in [0.3, 0.4) is 0 Å². The van der Waals surface area contributed by atoms with Gasteiger partial charge in [0.15, 0.2) is 0 Å². The third-order valence-corrected chi connectivity index (χ3v) is 2.98. The van der Waals surface area contributed by atoms with Gasteiger partial charge in [-0.05, 0) is 18.3 Å². The molecule has 16 heavy (non-hydrogen) atoms. The largest absolute Gasteiger partial charge is 0.380 e. The second-order valence-electron chi connectivity index (χ2n) is 5.87. The summed E-state index contributed by atoms with van der Waals surface area (Å²) < 4.78 is 5.67. The number of hydrogen-bond acceptors (Lipinski definition) is 3. The van der Waals surface area contributed by atoms with Crippen molar-refractivity contribution < 1.29 is 4.74 Å². The van der Waals surface area contributed by atoms with Crippen molar-refractivity contribution in [3.63, 3.8) is 0 Å². The predicted octanol–water partition coefficient (Wildman–Crippen LogP) is 1.73. The average Bonchev–Trinajstić information content (AvgIpc) is 2.23. The van der Waals surface area contributed by atoms with Gasteiger partial charge in [-0.15, -0.1) is 0 Å². The molecule has 0 aromatic heterocycles. The quantitative estimate of drug-likeness (QED) is 0.701. The molecule has 0 spiro atoms. The van der Waals surface area contributed by atoms with Crippen molar-refractivity contribution in [2.24, 2.45) is 5.41 Å². The van der Waals surface area contributed by atoms with Gasteiger partial charge in [0.2, 0.25) is 0 Å². The van der Waals surface area contributed by atoms with Crippen LogP contribution in [0.4, 0.5) is 0 Å². The fourth-order valence-corrected chi connectivity index (χ4v) is 1.94. The maximum absolute atomic E-state index is 5.67. The van der Waals surface area contributed by atoms with Gasteiger partial charge in [0, 0.05) is 39.3 Å². The Morgan fingerprint density at radius 3 is 2.44 bits per heavy atom. The second-order valence-corrected chi connectivity index (χ2v) is 5.87. The maximum Gasteiger partial charge on any atom is 0.0593 e. The molecule has 1 fully saturated rings. The van der Waals surface area contributed by atoms with Crippen molar-refractivity contribution in [3.05, 3.63) is 0 Å². The Bertz CT molecular complexity index is 171. The summed E-state index contributed by atoms with van der Waals surface area (Å²) in [5.74, 6) is 0. The average molecular weight is 228 g/mol. The minimum absolute atomic E-state index is 0.446. The Hall–Kier alpha value is -0.120. The Labute approximate surface area is 101 Å². The van der Waals surface area contributed by atoms with Gasteiger partial charge in [0.25, 0.3) is 0 Å². The molecule has 96 valence electrons. The van der Waals surface area contributed by atoms with E-state index in [2.05, 4.69) is 31.0 Å². The zero-order chi connectivity index (χ0) is 11.9. The van der Waals surface area contributed by atoms with Gasteiger partial charge in [-0.2, -0.15) is 0 Å². The molecule has 0 unspecified atom stereocenters. The van der Waals surface area contributed by atoms with Crippen molar-refractivity contribution in [1.82, 2.24) is 10.2 Å². The molecule has 1 heterocycles. The summed E-state index contributed by atoms with van der Waals surface area (Å²) >= 11 is 0. The number of nitrogens with one attached hydrogen (secondary N) is 1. The highest BCUT2D eigenvalue weighted by molar-refractivity contribution is 4.66. The highest BCUT2D eigenvalue weighted by atomic mass is 16.5. The molecule has 0 aromatic carbocycles. The van der Waals surface area contributed by atoms with Crippen molar-refractivity contribution >= 4 is 0 Å². The highest BCUT2D eigenvalue weighted by Crippen LogP contribution is 2.20.